The predicted octanol–water partition coefficient (Wildman–Crippen LogP) is 5.74. The van der Waals surface area contributed by atoms with Gasteiger partial charge in [0.1, 0.15) is 0 Å². The van der Waals surface area contributed by atoms with Gasteiger partial charge in [0.15, 0.2) is 0 Å². The fourth-order valence-corrected chi connectivity index (χ4v) is 3.10. The minimum Gasteiger partial charge on any atom is -0.355 e. The van der Waals surface area contributed by atoms with Gasteiger partial charge in [0.05, 0.1) is 0 Å². The minimum atomic E-state index is 0.982. The first-order valence-corrected chi connectivity index (χ1v) is 8.37. The van der Waals surface area contributed by atoms with Gasteiger partial charge in [0.25, 0.3) is 0 Å². The molecule has 2 aromatic carbocycles. The van der Waals surface area contributed by atoms with Gasteiger partial charge in [-0.1, -0.05) is 43.3 Å². The van der Waals surface area contributed by atoms with Crippen LogP contribution < -0.4 is 0 Å². The van der Waals surface area contributed by atoms with E-state index in [9.17, 15) is 0 Å². The molecule has 0 N–H and O–H groups in total. The highest BCUT2D eigenvalue weighted by atomic mass is 32.1. The van der Waals surface area contributed by atoms with Crippen LogP contribution in [0, 0.1) is 6.92 Å². The smallest absolute Gasteiger partial charge is 0.0260 e. The average molecular weight is 311 g/mol. The standard InChI is InChI=1S/C20H25NS/c1-4-6-14-21(13-5-2)15-12-17-10-11-19(22)20-16(3)8-7-9-18(17)20/h5-11,13-14,22H,4,12,15H2,1-3H3/b13-5-,14-6-. The number of hydrogen-bond acceptors (Lipinski definition) is 2. The summed E-state index contributed by atoms with van der Waals surface area (Å²) in [6.45, 7) is 7.35. The van der Waals surface area contributed by atoms with Crippen LogP contribution in [0.5, 0.6) is 0 Å². The molecule has 0 amide bonds. The van der Waals surface area contributed by atoms with E-state index in [1.807, 2.05) is 0 Å². The lowest BCUT2D eigenvalue weighted by Crippen LogP contribution is -2.13. The molecular formula is C20H25NS. The van der Waals surface area contributed by atoms with Crippen LogP contribution in [0.2, 0.25) is 0 Å². The summed E-state index contributed by atoms with van der Waals surface area (Å²) in [4.78, 5) is 3.31. The molecule has 0 saturated heterocycles. The quantitative estimate of drug-likeness (QED) is 0.666. The second kappa shape index (κ2) is 8.09. The fourth-order valence-electron chi connectivity index (χ4n) is 2.73. The summed E-state index contributed by atoms with van der Waals surface area (Å²) in [5.41, 5.74) is 2.68. The van der Waals surface area contributed by atoms with E-state index in [1.54, 1.807) is 0 Å². The number of fused-ring (bicyclic) bond motifs is 1. The highest BCUT2D eigenvalue weighted by Crippen LogP contribution is 2.28. The van der Waals surface area contributed by atoms with Crippen molar-refractivity contribution in [3.63, 3.8) is 0 Å². The van der Waals surface area contributed by atoms with Crippen LogP contribution >= 0.6 is 12.6 Å². The van der Waals surface area contributed by atoms with Crippen molar-refractivity contribution in [2.24, 2.45) is 0 Å². The van der Waals surface area contributed by atoms with Gasteiger partial charge in [-0.3, -0.25) is 0 Å². The largest absolute Gasteiger partial charge is 0.355 e. The molecule has 0 radical (unpaired) electrons. The van der Waals surface area contributed by atoms with Crippen molar-refractivity contribution in [2.45, 2.75) is 38.5 Å². The summed E-state index contributed by atoms with van der Waals surface area (Å²) in [5.74, 6) is 0. The zero-order valence-electron chi connectivity index (χ0n) is 13.7. The molecular weight excluding hydrogens is 286 g/mol. The van der Waals surface area contributed by atoms with Gasteiger partial charge in [0.2, 0.25) is 0 Å². The third-order valence-corrected chi connectivity index (χ3v) is 4.20. The first-order valence-electron chi connectivity index (χ1n) is 7.92. The maximum absolute atomic E-state index is 4.62. The van der Waals surface area contributed by atoms with E-state index in [1.165, 1.54) is 21.9 Å². The molecule has 0 spiro atoms. The van der Waals surface area contributed by atoms with E-state index in [0.717, 1.165) is 24.3 Å². The van der Waals surface area contributed by atoms with Crippen molar-refractivity contribution >= 4 is 23.4 Å². The molecule has 22 heavy (non-hydrogen) atoms. The van der Waals surface area contributed by atoms with E-state index in [0.29, 0.717) is 0 Å². The molecule has 0 atom stereocenters. The highest BCUT2D eigenvalue weighted by Gasteiger charge is 2.07. The Morgan fingerprint density at radius 2 is 1.95 bits per heavy atom. The molecule has 0 unspecified atom stereocenters. The number of hydrogen-bond donors (Lipinski definition) is 1. The van der Waals surface area contributed by atoms with Crippen molar-refractivity contribution in [1.82, 2.24) is 4.90 Å². The molecule has 0 heterocycles. The summed E-state index contributed by atoms with van der Waals surface area (Å²) >= 11 is 4.62. The third-order valence-electron chi connectivity index (χ3n) is 3.83. The van der Waals surface area contributed by atoms with Crippen molar-refractivity contribution in [3.05, 3.63) is 66.0 Å². The van der Waals surface area contributed by atoms with Crippen molar-refractivity contribution in [2.75, 3.05) is 6.54 Å². The predicted molar refractivity (Wildman–Crippen MR) is 101 cm³/mol. The van der Waals surface area contributed by atoms with Crippen LogP contribution in [-0.2, 0) is 6.42 Å². The van der Waals surface area contributed by atoms with Gasteiger partial charge in [-0.2, -0.15) is 0 Å². The maximum Gasteiger partial charge on any atom is 0.0260 e. The molecule has 0 fully saturated rings. The van der Waals surface area contributed by atoms with Crippen LogP contribution in [0.4, 0.5) is 0 Å². The Kier molecular flexibility index (Phi) is 6.14. The normalized spacial score (nSPS) is 11.8. The zero-order valence-corrected chi connectivity index (χ0v) is 14.6. The first kappa shape index (κ1) is 16.7. The summed E-state index contributed by atoms with van der Waals surface area (Å²) in [5, 5.41) is 2.61. The van der Waals surface area contributed by atoms with E-state index < -0.39 is 0 Å². The van der Waals surface area contributed by atoms with Crippen LogP contribution in [0.25, 0.3) is 10.8 Å². The molecule has 0 aromatic heterocycles. The van der Waals surface area contributed by atoms with Crippen molar-refractivity contribution in [1.29, 1.82) is 0 Å². The average Bonchev–Trinajstić information content (AvgIpc) is 2.51. The number of aryl methyl sites for hydroxylation is 1. The van der Waals surface area contributed by atoms with E-state index in [-0.39, 0.29) is 0 Å². The van der Waals surface area contributed by atoms with Crippen LogP contribution in [0.1, 0.15) is 31.4 Å². The molecule has 0 aliphatic heterocycles. The van der Waals surface area contributed by atoms with Gasteiger partial charge in [-0.15, -0.1) is 12.6 Å². The number of benzene rings is 2. The first-order chi connectivity index (χ1) is 10.7. The van der Waals surface area contributed by atoms with Crippen molar-refractivity contribution < 1.29 is 0 Å². The van der Waals surface area contributed by atoms with Gasteiger partial charge in [-0.25, -0.2) is 0 Å². The maximum atomic E-state index is 4.62. The Hall–Kier alpha value is -1.67. The Labute approximate surface area is 139 Å². The number of nitrogens with zero attached hydrogens (tertiary/aromatic N) is 1. The third kappa shape index (κ3) is 3.95. The Morgan fingerprint density at radius 1 is 1.14 bits per heavy atom. The lowest BCUT2D eigenvalue weighted by molar-refractivity contribution is 0.507. The number of thiol groups is 1. The van der Waals surface area contributed by atoms with E-state index in [4.69, 9.17) is 0 Å². The fraction of sp³-hybridized carbons (Fsp3) is 0.300. The molecule has 116 valence electrons. The molecule has 2 rings (SSSR count). The second-order valence-corrected chi connectivity index (χ2v) is 5.99. The van der Waals surface area contributed by atoms with Gasteiger partial charge >= 0.3 is 0 Å². The molecule has 0 aliphatic carbocycles. The summed E-state index contributed by atoms with van der Waals surface area (Å²) in [6.07, 6.45) is 10.7. The lowest BCUT2D eigenvalue weighted by atomic mass is 9.99. The molecule has 2 aromatic rings. The van der Waals surface area contributed by atoms with Crippen LogP contribution in [-0.4, -0.2) is 11.4 Å². The lowest BCUT2D eigenvalue weighted by Gasteiger charge is -2.17. The Morgan fingerprint density at radius 3 is 2.68 bits per heavy atom. The van der Waals surface area contributed by atoms with Gasteiger partial charge in [0, 0.05) is 11.4 Å². The molecule has 0 aliphatic rings. The van der Waals surface area contributed by atoms with E-state index >= 15 is 0 Å². The molecule has 0 saturated carbocycles. The zero-order chi connectivity index (χ0) is 15.9. The summed E-state index contributed by atoms with van der Waals surface area (Å²) in [7, 11) is 0. The number of rotatable bonds is 6. The Balaban J connectivity index is 2.26. The van der Waals surface area contributed by atoms with Gasteiger partial charge in [-0.05, 0) is 67.1 Å². The summed E-state index contributed by atoms with van der Waals surface area (Å²) < 4.78 is 0. The second-order valence-electron chi connectivity index (χ2n) is 5.50. The van der Waals surface area contributed by atoms with Crippen LogP contribution in [0.3, 0.4) is 0 Å². The summed E-state index contributed by atoms with van der Waals surface area (Å²) in [6, 6.07) is 10.8. The molecule has 1 nitrogen and oxygen atoms in total. The van der Waals surface area contributed by atoms with Crippen molar-refractivity contribution in [3.8, 4) is 0 Å². The van der Waals surface area contributed by atoms with E-state index in [2.05, 4.69) is 93.2 Å². The molecule has 0 bridgehead atoms. The Bertz CT molecular complexity index is 677. The SMILES string of the molecule is C/C=C\N(/C=C\CC)CCc1ccc(S)c2c(C)cccc12. The highest BCUT2D eigenvalue weighted by molar-refractivity contribution is 7.80. The monoisotopic (exact) mass is 311 g/mol. The topological polar surface area (TPSA) is 3.24 Å². The minimum absolute atomic E-state index is 0.982. The van der Waals surface area contributed by atoms with Crippen LogP contribution in [0.15, 0.2) is 59.8 Å². The van der Waals surface area contributed by atoms with Gasteiger partial charge < -0.3 is 4.90 Å². The number of allylic oxidation sites excluding steroid dienone is 2. The molecule has 2 heteroatoms.